The molecule has 2 nitrogen and oxygen atoms in total. The fourth-order valence-electron chi connectivity index (χ4n) is 0.625. The second kappa shape index (κ2) is 3.17. The fourth-order valence-corrected chi connectivity index (χ4v) is 0.625. The third-order valence-electron chi connectivity index (χ3n) is 0.996. The molecule has 0 saturated carbocycles. The van der Waals surface area contributed by atoms with Crippen LogP contribution < -0.4 is 0 Å². The van der Waals surface area contributed by atoms with Crippen LogP contribution in [0.3, 0.4) is 0 Å². The maximum Gasteiger partial charge on any atom is 0.0624 e. The minimum Gasteiger partial charge on any atom is -0.261 e. The van der Waals surface area contributed by atoms with Gasteiger partial charge in [0.25, 0.3) is 0 Å². The van der Waals surface area contributed by atoms with Crippen molar-refractivity contribution in [3.8, 4) is 0 Å². The fraction of sp³-hybridized carbons (Fsp3) is 0.286. The first-order valence-electron chi connectivity index (χ1n) is 3.02. The van der Waals surface area contributed by atoms with E-state index in [2.05, 4.69) is 16.9 Å². The Labute approximate surface area is 55.0 Å². The summed E-state index contributed by atoms with van der Waals surface area (Å²) >= 11 is 0. The van der Waals surface area contributed by atoms with Crippen molar-refractivity contribution in [3.05, 3.63) is 30.7 Å². The Balaban J connectivity index is 2.61. The summed E-state index contributed by atoms with van der Waals surface area (Å²) in [7, 11) is 0. The third kappa shape index (κ3) is 1.80. The molecule has 0 atom stereocenters. The molecule has 0 spiro atoms. The highest BCUT2D eigenvalue weighted by molar-refractivity contribution is 5.05. The number of hydrogen-bond acceptors (Lipinski definition) is 2. The van der Waals surface area contributed by atoms with E-state index in [1.807, 2.05) is 6.42 Å². The molecule has 1 rings (SSSR count). The molecule has 1 radical (unpaired) electrons. The van der Waals surface area contributed by atoms with Crippen molar-refractivity contribution in [2.24, 2.45) is 0 Å². The normalized spacial score (nSPS) is 9.44. The van der Waals surface area contributed by atoms with Crippen LogP contribution in [0.1, 0.15) is 19.0 Å². The van der Waals surface area contributed by atoms with E-state index in [-0.39, 0.29) is 0 Å². The number of hydrogen-bond donors (Lipinski definition) is 0. The number of rotatable bonds is 2. The van der Waals surface area contributed by atoms with E-state index in [1.54, 1.807) is 18.6 Å². The van der Waals surface area contributed by atoms with Crippen LogP contribution in [0.2, 0.25) is 0 Å². The van der Waals surface area contributed by atoms with Gasteiger partial charge in [0.05, 0.1) is 5.69 Å². The quantitative estimate of drug-likeness (QED) is 0.591. The summed E-state index contributed by atoms with van der Waals surface area (Å²) < 4.78 is 0. The van der Waals surface area contributed by atoms with Crippen LogP contribution in [-0.2, 0) is 0 Å². The molecule has 0 fully saturated rings. The van der Waals surface area contributed by atoms with Gasteiger partial charge in [0.15, 0.2) is 0 Å². The van der Waals surface area contributed by atoms with E-state index in [9.17, 15) is 0 Å². The van der Waals surface area contributed by atoms with Gasteiger partial charge in [-0.3, -0.25) is 9.97 Å². The molecule has 0 aliphatic carbocycles. The van der Waals surface area contributed by atoms with E-state index < -0.39 is 0 Å². The zero-order chi connectivity index (χ0) is 6.53. The van der Waals surface area contributed by atoms with Crippen molar-refractivity contribution in [1.29, 1.82) is 0 Å². The lowest BCUT2D eigenvalue weighted by atomic mass is 10.3. The second-order valence-electron chi connectivity index (χ2n) is 1.74. The second-order valence-corrected chi connectivity index (χ2v) is 1.74. The first-order valence-corrected chi connectivity index (χ1v) is 3.02. The number of aromatic nitrogens is 2. The maximum atomic E-state index is 4.05. The molecular weight excluding hydrogens is 112 g/mol. The van der Waals surface area contributed by atoms with Crippen molar-refractivity contribution in [2.45, 2.75) is 13.3 Å². The Bertz CT molecular complexity index is 160. The molecular formula is C7H9N2. The molecule has 1 aromatic rings. The topological polar surface area (TPSA) is 25.8 Å². The number of nitrogens with zero attached hydrogens (tertiary/aromatic N) is 2. The van der Waals surface area contributed by atoms with Crippen LogP contribution in [0.5, 0.6) is 0 Å². The summed E-state index contributed by atoms with van der Waals surface area (Å²) in [6.07, 6.45) is 8.17. The monoisotopic (exact) mass is 121 g/mol. The third-order valence-corrected chi connectivity index (χ3v) is 0.996. The smallest absolute Gasteiger partial charge is 0.0624 e. The minimum absolute atomic E-state index is 0.958. The SMILES string of the molecule is CC[CH]c1cnccn1. The predicted octanol–water partition coefficient (Wildman–Crippen LogP) is 1.44. The van der Waals surface area contributed by atoms with E-state index in [1.165, 1.54) is 0 Å². The summed E-state index contributed by atoms with van der Waals surface area (Å²) in [4.78, 5) is 7.96. The highest BCUT2D eigenvalue weighted by Crippen LogP contribution is 1.96. The lowest BCUT2D eigenvalue weighted by Crippen LogP contribution is -1.85. The average molecular weight is 121 g/mol. The standard InChI is InChI=1S/C7H9N2/c1-2-3-7-6-8-4-5-9-7/h3-6H,2H2,1H3. The zero-order valence-electron chi connectivity index (χ0n) is 5.41. The zero-order valence-corrected chi connectivity index (χ0v) is 5.41. The molecule has 1 heterocycles. The molecule has 0 aliphatic heterocycles. The van der Waals surface area contributed by atoms with Crippen molar-refractivity contribution in [1.82, 2.24) is 9.97 Å². The summed E-state index contributed by atoms with van der Waals surface area (Å²) in [6.45, 7) is 2.08. The molecule has 2 heteroatoms. The van der Waals surface area contributed by atoms with Crippen LogP contribution in [-0.4, -0.2) is 9.97 Å². The summed E-state index contributed by atoms with van der Waals surface area (Å²) in [5, 5.41) is 0. The molecule has 0 aliphatic rings. The van der Waals surface area contributed by atoms with Crippen LogP contribution in [0.25, 0.3) is 0 Å². The lowest BCUT2D eigenvalue weighted by molar-refractivity contribution is 1.04. The first-order chi connectivity index (χ1) is 4.43. The maximum absolute atomic E-state index is 4.05. The van der Waals surface area contributed by atoms with Crippen LogP contribution in [0, 0.1) is 6.42 Å². The molecule has 0 amide bonds. The van der Waals surface area contributed by atoms with E-state index in [4.69, 9.17) is 0 Å². The van der Waals surface area contributed by atoms with Crippen LogP contribution >= 0.6 is 0 Å². The lowest BCUT2D eigenvalue weighted by Gasteiger charge is -1.91. The van der Waals surface area contributed by atoms with Crippen molar-refractivity contribution >= 4 is 0 Å². The molecule has 1 aromatic heterocycles. The first kappa shape index (κ1) is 6.20. The van der Waals surface area contributed by atoms with Gasteiger partial charge < -0.3 is 0 Å². The van der Waals surface area contributed by atoms with Gasteiger partial charge in [-0.15, -0.1) is 0 Å². The predicted molar refractivity (Wildman–Crippen MR) is 35.7 cm³/mol. The van der Waals surface area contributed by atoms with Crippen molar-refractivity contribution in [2.75, 3.05) is 0 Å². The van der Waals surface area contributed by atoms with Gasteiger partial charge in [0.2, 0.25) is 0 Å². The molecule has 9 heavy (non-hydrogen) atoms. The van der Waals surface area contributed by atoms with Gasteiger partial charge >= 0.3 is 0 Å². The van der Waals surface area contributed by atoms with Crippen LogP contribution in [0.15, 0.2) is 18.6 Å². The molecule has 0 aromatic carbocycles. The van der Waals surface area contributed by atoms with Gasteiger partial charge in [-0.2, -0.15) is 0 Å². The van der Waals surface area contributed by atoms with Gasteiger partial charge in [0, 0.05) is 25.0 Å². The van der Waals surface area contributed by atoms with Gasteiger partial charge in [0.1, 0.15) is 0 Å². The summed E-state index contributed by atoms with van der Waals surface area (Å²) in [5.41, 5.74) is 0.958. The Kier molecular flexibility index (Phi) is 2.19. The van der Waals surface area contributed by atoms with Gasteiger partial charge in [-0.25, -0.2) is 0 Å². The highest BCUT2D eigenvalue weighted by Gasteiger charge is 1.87. The minimum atomic E-state index is 0.958. The molecule has 0 bridgehead atoms. The largest absolute Gasteiger partial charge is 0.261 e. The average Bonchev–Trinajstić information content (AvgIpc) is 1.91. The van der Waals surface area contributed by atoms with Crippen molar-refractivity contribution < 1.29 is 0 Å². The Morgan fingerprint density at radius 1 is 1.56 bits per heavy atom. The molecule has 0 unspecified atom stereocenters. The Morgan fingerprint density at radius 3 is 3.00 bits per heavy atom. The highest BCUT2D eigenvalue weighted by atomic mass is 14.8. The Hall–Kier alpha value is -0.920. The van der Waals surface area contributed by atoms with E-state index in [0.29, 0.717) is 0 Å². The Morgan fingerprint density at radius 2 is 2.44 bits per heavy atom. The molecule has 0 N–H and O–H groups in total. The molecule has 0 saturated heterocycles. The summed E-state index contributed by atoms with van der Waals surface area (Å²) in [5.74, 6) is 0. The van der Waals surface area contributed by atoms with Crippen LogP contribution in [0.4, 0.5) is 0 Å². The van der Waals surface area contributed by atoms with Gasteiger partial charge in [-0.05, 0) is 6.42 Å². The van der Waals surface area contributed by atoms with E-state index in [0.717, 1.165) is 12.1 Å². The van der Waals surface area contributed by atoms with Crippen molar-refractivity contribution in [3.63, 3.8) is 0 Å². The summed E-state index contributed by atoms with van der Waals surface area (Å²) in [6, 6.07) is 0. The molecule has 47 valence electrons. The van der Waals surface area contributed by atoms with Gasteiger partial charge in [-0.1, -0.05) is 6.92 Å². The van der Waals surface area contributed by atoms with E-state index >= 15 is 0 Å².